The number of benzene rings is 4. The van der Waals surface area contributed by atoms with E-state index in [4.69, 9.17) is 33.2 Å². The molecule has 4 aromatic rings. The summed E-state index contributed by atoms with van der Waals surface area (Å²) in [5, 5.41) is 0. The molecule has 0 aromatic heterocycles. The Morgan fingerprint density at radius 2 is 1.00 bits per heavy atom. The SMILES string of the molecule is C=CC(=O)OCCCCCCOc1ccc(C=COCOc2ccc3c(c2)C(C)c2cc(OC(=O)C=Cc4ccc(OCCCCCCOC(=O)C=C)cc4)ccc2-3)cc1. The minimum absolute atomic E-state index is 0.0559. The van der Waals surface area contributed by atoms with Gasteiger partial charge in [0.25, 0.3) is 0 Å². The predicted molar refractivity (Wildman–Crippen MR) is 233 cm³/mol. The lowest BCUT2D eigenvalue weighted by Crippen LogP contribution is -2.04. The molecule has 1 atom stereocenters. The van der Waals surface area contributed by atoms with Crippen molar-refractivity contribution in [2.45, 2.75) is 64.2 Å². The molecule has 314 valence electrons. The highest BCUT2D eigenvalue weighted by atomic mass is 16.7. The fourth-order valence-electron chi connectivity index (χ4n) is 6.50. The average Bonchev–Trinajstić information content (AvgIpc) is 3.54. The number of ether oxygens (including phenoxy) is 7. The van der Waals surface area contributed by atoms with Gasteiger partial charge in [0.15, 0.2) is 0 Å². The topological polar surface area (TPSA) is 116 Å². The molecule has 0 N–H and O–H groups in total. The van der Waals surface area contributed by atoms with Gasteiger partial charge < -0.3 is 33.2 Å². The second-order valence-electron chi connectivity index (χ2n) is 14.1. The molecule has 0 aliphatic heterocycles. The van der Waals surface area contributed by atoms with Crippen LogP contribution in [0.1, 0.15) is 86.5 Å². The van der Waals surface area contributed by atoms with Crippen LogP contribution in [0, 0.1) is 0 Å². The summed E-state index contributed by atoms with van der Waals surface area (Å²) in [4.78, 5) is 34.8. The number of esters is 3. The molecule has 0 bridgehead atoms. The molecule has 0 heterocycles. The monoisotopic (exact) mass is 814 g/mol. The van der Waals surface area contributed by atoms with Gasteiger partial charge in [-0.25, -0.2) is 14.4 Å². The van der Waals surface area contributed by atoms with E-state index in [2.05, 4.69) is 26.1 Å². The highest BCUT2D eigenvalue weighted by Crippen LogP contribution is 2.47. The van der Waals surface area contributed by atoms with Crippen LogP contribution in [0.4, 0.5) is 0 Å². The van der Waals surface area contributed by atoms with Gasteiger partial charge in [-0.05, 0) is 145 Å². The van der Waals surface area contributed by atoms with E-state index in [1.165, 1.54) is 18.2 Å². The molecule has 1 aliphatic carbocycles. The van der Waals surface area contributed by atoms with Gasteiger partial charge in [-0.15, -0.1) is 0 Å². The number of fused-ring (bicyclic) bond motifs is 3. The number of carbonyl (C=O) groups is 3. The zero-order chi connectivity index (χ0) is 42.4. The lowest BCUT2D eigenvalue weighted by molar-refractivity contribution is -0.138. The molecule has 4 aromatic carbocycles. The first-order chi connectivity index (χ1) is 29.3. The Kier molecular flexibility index (Phi) is 18.1. The van der Waals surface area contributed by atoms with Crippen molar-refractivity contribution in [2.24, 2.45) is 0 Å². The molecule has 0 fully saturated rings. The first-order valence-corrected chi connectivity index (χ1v) is 20.5. The standard InChI is InChI=1S/C50H54O10/c1-4-48(51)57-31-12-8-6-10-29-55-40-19-14-38(15-20-40)18-27-50(53)60-43-24-26-45-44-25-23-42(34-46(44)37(3)47(45)35-43)59-36-54-33-28-39-16-21-41(22-17-39)56-30-11-7-9-13-32-58-49(52)5-2/h4-5,14-28,33-35,37H,1-2,6-13,29-32,36H2,3H3. The molecule has 0 saturated carbocycles. The van der Waals surface area contributed by atoms with Crippen molar-refractivity contribution in [3.05, 3.63) is 145 Å². The maximum absolute atomic E-state index is 12.7. The van der Waals surface area contributed by atoms with Crippen molar-refractivity contribution in [3.63, 3.8) is 0 Å². The maximum Gasteiger partial charge on any atom is 0.336 e. The van der Waals surface area contributed by atoms with Crippen LogP contribution < -0.4 is 18.9 Å². The molecule has 10 nitrogen and oxygen atoms in total. The Hall–Kier alpha value is -6.55. The zero-order valence-electron chi connectivity index (χ0n) is 34.3. The minimum atomic E-state index is -0.463. The molecule has 0 saturated heterocycles. The minimum Gasteiger partial charge on any atom is -0.494 e. The van der Waals surface area contributed by atoms with Crippen molar-refractivity contribution < 1.29 is 47.5 Å². The van der Waals surface area contributed by atoms with E-state index in [9.17, 15) is 14.4 Å². The molecule has 5 rings (SSSR count). The Balaban J connectivity index is 0.981. The summed E-state index contributed by atoms with van der Waals surface area (Å²) in [5.74, 6) is 1.60. The number of carbonyl (C=O) groups excluding carboxylic acids is 3. The van der Waals surface area contributed by atoms with Gasteiger partial charge in [0.05, 0.1) is 32.7 Å². The summed E-state index contributed by atoms with van der Waals surface area (Å²) in [6.45, 7) is 11.0. The van der Waals surface area contributed by atoms with Crippen molar-refractivity contribution in [2.75, 3.05) is 33.2 Å². The summed E-state index contributed by atoms with van der Waals surface area (Å²) in [7, 11) is 0. The first kappa shape index (κ1) is 44.6. The summed E-state index contributed by atoms with van der Waals surface area (Å²) in [5.41, 5.74) is 6.26. The number of rotatable bonds is 26. The van der Waals surface area contributed by atoms with Crippen LogP contribution in [0.5, 0.6) is 23.0 Å². The van der Waals surface area contributed by atoms with Crippen molar-refractivity contribution in [3.8, 4) is 34.1 Å². The number of hydrogen-bond donors (Lipinski definition) is 0. The van der Waals surface area contributed by atoms with Gasteiger partial charge in [-0.1, -0.05) is 56.5 Å². The Labute approximate surface area is 353 Å². The second kappa shape index (κ2) is 24.4. The third-order valence-corrected chi connectivity index (χ3v) is 9.75. The predicted octanol–water partition coefficient (Wildman–Crippen LogP) is 10.8. The van der Waals surface area contributed by atoms with Gasteiger partial charge in [-0.3, -0.25) is 0 Å². The third-order valence-electron chi connectivity index (χ3n) is 9.75. The van der Waals surface area contributed by atoms with E-state index in [1.807, 2.05) is 84.9 Å². The molecule has 0 amide bonds. The number of hydrogen-bond acceptors (Lipinski definition) is 10. The van der Waals surface area contributed by atoms with E-state index >= 15 is 0 Å². The summed E-state index contributed by atoms with van der Waals surface area (Å²) in [6, 6.07) is 27.1. The molecular formula is C50H54O10. The van der Waals surface area contributed by atoms with E-state index in [1.54, 1.807) is 12.3 Å². The Morgan fingerprint density at radius 3 is 1.53 bits per heavy atom. The normalized spacial score (nSPS) is 12.7. The molecular weight excluding hydrogens is 761 g/mol. The molecule has 1 unspecified atom stereocenters. The summed E-state index contributed by atoms with van der Waals surface area (Å²) < 4.78 is 38.8. The average molecular weight is 815 g/mol. The van der Waals surface area contributed by atoms with Crippen LogP contribution in [0.3, 0.4) is 0 Å². The highest BCUT2D eigenvalue weighted by Gasteiger charge is 2.26. The van der Waals surface area contributed by atoms with Crippen LogP contribution >= 0.6 is 0 Å². The van der Waals surface area contributed by atoms with Crippen molar-refractivity contribution in [1.82, 2.24) is 0 Å². The van der Waals surface area contributed by atoms with E-state index in [0.717, 1.165) is 96.2 Å². The molecule has 1 aliphatic rings. The quantitative estimate of drug-likeness (QED) is 0.0151. The van der Waals surface area contributed by atoms with Crippen LogP contribution in [0.2, 0.25) is 0 Å². The van der Waals surface area contributed by atoms with E-state index < -0.39 is 5.97 Å². The molecule has 0 spiro atoms. The number of unbranched alkanes of at least 4 members (excludes halogenated alkanes) is 6. The Morgan fingerprint density at radius 1 is 0.533 bits per heavy atom. The smallest absolute Gasteiger partial charge is 0.336 e. The van der Waals surface area contributed by atoms with Gasteiger partial charge in [0.2, 0.25) is 6.79 Å². The first-order valence-electron chi connectivity index (χ1n) is 20.5. The molecule has 60 heavy (non-hydrogen) atoms. The lowest BCUT2D eigenvalue weighted by atomic mass is 9.99. The highest BCUT2D eigenvalue weighted by molar-refractivity contribution is 5.89. The fraction of sp³-hybridized carbons (Fsp3) is 0.300. The van der Waals surface area contributed by atoms with E-state index in [-0.39, 0.29) is 24.6 Å². The van der Waals surface area contributed by atoms with Crippen LogP contribution in [0.15, 0.2) is 123 Å². The van der Waals surface area contributed by atoms with Crippen molar-refractivity contribution >= 4 is 30.1 Å². The van der Waals surface area contributed by atoms with Gasteiger partial charge in [-0.2, -0.15) is 0 Å². The summed E-state index contributed by atoms with van der Waals surface area (Å²) in [6.07, 6.45) is 16.4. The van der Waals surface area contributed by atoms with Crippen molar-refractivity contribution in [1.29, 1.82) is 0 Å². The summed E-state index contributed by atoms with van der Waals surface area (Å²) >= 11 is 0. The van der Waals surface area contributed by atoms with Gasteiger partial charge in [0.1, 0.15) is 23.0 Å². The molecule has 10 heteroatoms. The zero-order valence-corrected chi connectivity index (χ0v) is 34.3. The van der Waals surface area contributed by atoms with E-state index in [0.29, 0.717) is 37.9 Å². The largest absolute Gasteiger partial charge is 0.494 e. The van der Waals surface area contributed by atoms with Gasteiger partial charge in [0, 0.05) is 24.1 Å². The van der Waals surface area contributed by atoms with Gasteiger partial charge >= 0.3 is 17.9 Å². The second-order valence-corrected chi connectivity index (χ2v) is 14.1. The lowest BCUT2D eigenvalue weighted by Gasteiger charge is -2.10. The van der Waals surface area contributed by atoms with Crippen LogP contribution in [-0.4, -0.2) is 51.1 Å². The third kappa shape index (κ3) is 14.7. The Bertz CT molecular complexity index is 2080. The van der Waals surface area contributed by atoms with Crippen LogP contribution in [0.25, 0.3) is 23.3 Å². The molecule has 0 radical (unpaired) electrons. The van der Waals surface area contributed by atoms with Crippen LogP contribution in [-0.2, 0) is 28.6 Å². The maximum atomic E-state index is 12.7. The fourth-order valence-corrected chi connectivity index (χ4v) is 6.50.